The van der Waals surface area contributed by atoms with Gasteiger partial charge in [0.15, 0.2) is 0 Å². The molecule has 2 N–H and O–H groups in total. The Bertz CT molecular complexity index is 477. The number of alkyl halides is 3. The molecule has 0 saturated heterocycles. The third-order valence-electron chi connectivity index (χ3n) is 3.32. The minimum Gasteiger partial charge on any atom is -0.465 e. The number of hydrogen-bond donors (Lipinski definition) is 1. The molecule has 0 saturated carbocycles. The molecule has 0 atom stereocenters. The Hall–Kier alpha value is -1.27. The largest absolute Gasteiger partial charge is 0.465 e. The van der Waals surface area contributed by atoms with Gasteiger partial charge in [0.1, 0.15) is 11.5 Å². The number of halogens is 3. The van der Waals surface area contributed by atoms with Crippen LogP contribution in [0, 0.1) is 6.92 Å². The molecule has 2 rings (SSSR count). The van der Waals surface area contributed by atoms with Crippen molar-refractivity contribution in [3.8, 4) is 0 Å². The molecule has 0 aliphatic carbocycles. The standard InChI is InChI=1S/C13H17F3N2O/c1-9-10(6-12(7-17)19-9)8-18-4-2-11(3-5-18)13(14,15)16/h2,6H,3-5,7-8,17H2,1H3. The summed E-state index contributed by atoms with van der Waals surface area (Å²) in [5, 5.41) is 0. The first kappa shape index (κ1) is 14.1. The van der Waals surface area contributed by atoms with Gasteiger partial charge in [-0.1, -0.05) is 6.08 Å². The topological polar surface area (TPSA) is 42.4 Å². The van der Waals surface area contributed by atoms with Gasteiger partial charge in [0.25, 0.3) is 0 Å². The highest BCUT2D eigenvalue weighted by molar-refractivity contribution is 5.21. The average molecular weight is 274 g/mol. The molecule has 19 heavy (non-hydrogen) atoms. The van der Waals surface area contributed by atoms with E-state index in [-0.39, 0.29) is 6.42 Å². The van der Waals surface area contributed by atoms with Gasteiger partial charge in [-0.25, -0.2) is 0 Å². The highest BCUT2D eigenvalue weighted by Crippen LogP contribution is 2.30. The van der Waals surface area contributed by atoms with E-state index in [1.807, 2.05) is 17.9 Å². The van der Waals surface area contributed by atoms with Crippen molar-refractivity contribution < 1.29 is 17.6 Å². The summed E-state index contributed by atoms with van der Waals surface area (Å²) in [5.41, 5.74) is 6.06. The lowest BCUT2D eigenvalue weighted by atomic mass is 10.1. The average Bonchev–Trinajstić information content (AvgIpc) is 2.70. The van der Waals surface area contributed by atoms with Crippen LogP contribution in [0.2, 0.25) is 0 Å². The molecule has 0 spiro atoms. The zero-order valence-corrected chi connectivity index (χ0v) is 10.8. The normalized spacial score (nSPS) is 17.6. The molecule has 3 nitrogen and oxygen atoms in total. The lowest BCUT2D eigenvalue weighted by molar-refractivity contribution is -0.0960. The van der Waals surface area contributed by atoms with Crippen molar-refractivity contribution in [3.05, 3.63) is 34.8 Å². The van der Waals surface area contributed by atoms with Crippen molar-refractivity contribution in [2.24, 2.45) is 5.73 Å². The fraction of sp³-hybridized carbons (Fsp3) is 0.538. The van der Waals surface area contributed by atoms with Gasteiger partial charge in [-0.05, 0) is 19.4 Å². The number of nitrogens with two attached hydrogens (primary N) is 1. The van der Waals surface area contributed by atoms with Gasteiger partial charge in [-0.2, -0.15) is 13.2 Å². The fourth-order valence-electron chi connectivity index (χ4n) is 2.20. The van der Waals surface area contributed by atoms with Crippen molar-refractivity contribution in [3.63, 3.8) is 0 Å². The number of hydrogen-bond acceptors (Lipinski definition) is 3. The van der Waals surface area contributed by atoms with Crippen molar-refractivity contribution in [2.45, 2.75) is 32.6 Å². The van der Waals surface area contributed by atoms with Crippen LogP contribution in [0.4, 0.5) is 13.2 Å². The molecule has 1 aromatic rings. The Kier molecular flexibility index (Phi) is 4.01. The molecule has 106 valence electrons. The Labute approximate surface area is 109 Å². The Morgan fingerprint density at radius 2 is 2.16 bits per heavy atom. The van der Waals surface area contributed by atoms with E-state index in [1.165, 1.54) is 6.08 Å². The first-order valence-electron chi connectivity index (χ1n) is 6.17. The first-order valence-corrected chi connectivity index (χ1v) is 6.17. The molecule has 1 aromatic heterocycles. The van der Waals surface area contributed by atoms with Gasteiger partial charge in [-0.15, -0.1) is 0 Å². The second-order valence-electron chi connectivity index (χ2n) is 4.71. The second kappa shape index (κ2) is 5.38. The van der Waals surface area contributed by atoms with Gasteiger partial charge >= 0.3 is 6.18 Å². The van der Waals surface area contributed by atoms with Gasteiger partial charge in [0.2, 0.25) is 0 Å². The lowest BCUT2D eigenvalue weighted by Crippen LogP contribution is -2.31. The van der Waals surface area contributed by atoms with E-state index in [1.54, 1.807) is 0 Å². The maximum atomic E-state index is 12.5. The van der Waals surface area contributed by atoms with Crippen LogP contribution in [-0.4, -0.2) is 24.2 Å². The Morgan fingerprint density at radius 1 is 1.42 bits per heavy atom. The summed E-state index contributed by atoms with van der Waals surface area (Å²) >= 11 is 0. The third kappa shape index (κ3) is 3.39. The summed E-state index contributed by atoms with van der Waals surface area (Å²) in [6, 6.07) is 1.87. The van der Waals surface area contributed by atoms with Crippen molar-refractivity contribution in [1.82, 2.24) is 4.90 Å². The number of nitrogens with zero attached hydrogens (tertiary/aromatic N) is 1. The van der Waals surface area contributed by atoms with E-state index in [0.717, 1.165) is 11.3 Å². The Balaban J connectivity index is 1.99. The molecule has 0 bridgehead atoms. The summed E-state index contributed by atoms with van der Waals surface area (Å²) in [5.74, 6) is 1.49. The van der Waals surface area contributed by atoms with Crippen LogP contribution in [-0.2, 0) is 13.1 Å². The van der Waals surface area contributed by atoms with E-state index < -0.39 is 11.7 Å². The lowest BCUT2D eigenvalue weighted by Gasteiger charge is -2.26. The summed E-state index contributed by atoms with van der Waals surface area (Å²) in [6.45, 7) is 3.50. The van der Waals surface area contributed by atoms with Crippen molar-refractivity contribution in [2.75, 3.05) is 13.1 Å². The number of furan rings is 1. The van der Waals surface area contributed by atoms with Crippen LogP contribution in [0.1, 0.15) is 23.5 Å². The van der Waals surface area contributed by atoms with E-state index in [9.17, 15) is 13.2 Å². The maximum Gasteiger partial charge on any atom is 0.412 e. The number of rotatable bonds is 3. The van der Waals surface area contributed by atoms with E-state index in [4.69, 9.17) is 10.2 Å². The molecular weight excluding hydrogens is 257 g/mol. The highest BCUT2D eigenvalue weighted by Gasteiger charge is 2.34. The first-order chi connectivity index (χ1) is 8.90. The molecule has 0 aromatic carbocycles. The minimum atomic E-state index is -4.19. The predicted octanol–water partition coefficient (Wildman–Crippen LogP) is 2.74. The SMILES string of the molecule is Cc1oc(CN)cc1CN1CC=C(C(F)(F)F)CC1. The van der Waals surface area contributed by atoms with E-state index >= 15 is 0 Å². The zero-order chi connectivity index (χ0) is 14.0. The van der Waals surface area contributed by atoms with Crippen LogP contribution in [0.25, 0.3) is 0 Å². The van der Waals surface area contributed by atoms with Crippen LogP contribution in [0.5, 0.6) is 0 Å². The van der Waals surface area contributed by atoms with Crippen LogP contribution in [0.15, 0.2) is 22.1 Å². The Morgan fingerprint density at radius 3 is 2.63 bits per heavy atom. The van der Waals surface area contributed by atoms with Gasteiger partial charge < -0.3 is 10.2 Å². The third-order valence-corrected chi connectivity index (χ3v) is 3.32. The van der Waals surface area contributed by atoms with E-state index in [0.29, 0.717) is 31.9 Å². The maximum absolute atomic E-state index is 12.5. The summed E-state index contributed by atoms with van der Waals surface area (Å²) < 4.78 is 42.9. The van der Waals surface area contributed by atoms with Gasteiger partial charge in [0.05, 0.1) is 6.54 Å². The van der Waals surface area contributed by atoms with Crippen molar-refractivity contribution in [1.29, 1.82) is 0 Å². The molecule has 0 radical (unpaired) electrons. The monoisotopic (exact) mass is 274 g/mol. The smallest absolute Gasteiger partial charge is 0.412 e. The summed E-state index contributed by atoms with van der Waals surface area (Å²) in [4.78, 5) is 1.97. The molecule has 0 fully saturated rings. The molecule has 0 amide bonds. The molecule has 6 heteroatoms. The van der Waals surface area contributed by atoms with E-state index in [2.05, 4.69) is 0 Å². The fourth-order valence-corrected chi connectivity index (χ4v) is 2.20. The summed E-state index contributed by atoms with van der Waals surface area (Å²) in [6.07, 6.45) is -2.88. The van der Waals surface area contributed by atoms with Crippen LogP contribution < -0.4 is 5.73 Å². The molecular formula is C13H17F3N2O. The van der Waals surface area contributed by atoms with Gasteiger partial charge in [0, 0.05) is 30.8 Å². The van der Waals surface area contributed by atoms with Crippen LogP contribution >= 0.6 is 0 Å². The number of aryl methyl sites for hydroxylation is 1. The quantitative estimate of drug-likeness (QED) is 0.862. The van der Waals surface area contributed by atoms with Crippen molar-refractivity contribution >= 4 is 0 Å². The minimum absolute atomic E-state index is 0.0458. The predicted molar refractivity (Wildman–Crippen MR) is 65.4 cm³/mol. The second-order valence-corrected chi connectivity index (χ2v) is 4.71. The molecule has 0 unspecified atom stereocenters. The molecule has 1 aliphatic rings. The molecule has 2 heterocycles. The summed E-state index contributed by atoms with van der Waals surface area (Å²) in [7, 11) is 0. The van der Waals surface area contributed by atoms with Gasteiger partial charge in [-0.3, -0.25) is 4.90 Å². The zero-order valence-electron chi connectivity index (χ0n) is 10.8. The highest BCUT2D eigenvalue weighted by atomic mass is 19.4. The molecule has 1 aliphatic heterocycles. The van der Waals surface area contributed by atoms with Crippen LogP contribution in [0.3, 0.4) is 0 Å².